The van der Waals surface area contributed by atoms with Gasteiger partial charge in [-0.2, -0.15) is 4.39 Å². The van der Waals surface area contributed by atoms with E-state index in [1.165, 1.54) is 11.6 Å². The van der Waals surface area contributed by atoms with Crippen LogP contribution in [0.4, 0.5) is 17.6 Å². The van der Waals surface area contributed by atoms with E-state index >= 15 is 0 Å². The number of rotatable bonds is 8. The third kappa shape index (κ3) is 5.66. The van der Waals surface area contributed by atoms with E-state index in [-0.39, 0.29) is 35.3 Å². The van der Waals surface area contributed by atoms with E-state index in [4.69, 9.17) is 4.74 Å². The zero-order valence-corrected chi connectivity index (χ0v) is 20.8. The second-order valence-electron chi connectivity index (χ2n) is 9.46. The molecule has 3 aromatic carbocycles. The predicted octanol–water partition coefficient (Wildman–Crippen LogP) is 9.25. The first kappa shape index (κ1) is 26.0. The van der Waals surface area contributed by atoms with Gasteiger partial charge < -0.3 is 4.74 Å². The molecule has 190 valence electrons. The number of hydrogen-bond acceptors (Lipinski definition) is 1. The SMILES string of the molecule is CCCc1ccc(-c2ccc(C=CC3CCC(c4ccc(OCC)c(F)c4F)CC3)c(F)c2F)cc1. The second-order valence-corrected chi connectivity index (χ2v) is 9.46. The fraction of sp³-hybridized carbons (Fsp3) is 0.355. The molecule has 5 heteroatoms. The summed E-state index contributed by atoms with van der Waals surface area (Å²) in [5.41, 5.74) is 2.66. The van der Waals surface area contributed by atoms with Gasteiger partial charge in [-0.1, -0.05) is 68.0 Å². The van der Waals surface area contributed by atoms with Crippen LogP contribution in [0, 0.1) is 29.2 Å². The minimum absolute atomic E-state index is 0.0656. The minimum Gasteiger partial charge on any atom is -0.491 e. The van der Waals surface area contributed by atoms with Crippen molar-refractivity contribution in [2.45, 2.75) is 58.3 Å². The average molecular weight is 497 g/mol. The minimum atomic E-state index is -0.936. The third-order valence-electron chi connectivity index (χ3n) is 7.05. The molecule has 0 N–H and O–H groups in total. The van der Waals surface area contributed by atoms with Crippen molar-refractivity contribution in [1.82, 2.24) is 0 Å². The van der Waals surface area contributed by atoms with Crippen LogP contribution in [0.1, 0.15) is 68.6 Å². The molecule has 1 nitrogen and oxygen atoms in total. The molecule has 0 aromatic heterocycles. The molecular formula is C31H32F4O. The van der Waals surface area contributed by atoms with E-state index < -0.39 is 23.3 Å². The molecule has 0 aliphatic heterocycles. The van der Waals surface area contributed by atoms with Crippen LogP contribution in [0.15, 0.2) is 54.6 Å². The number of hydrogen-bond donors (Lipinski definition) is 0. The summed E-state index contributed by atoms with van der Waals surface area (Å²) in [6.07, 6.45) is 8.45. The van der Waals surface area contributed by atoms with Crippen molar-refractivity contribution < 1.29 is 22.3 Å². The second kappa shape index (κ2) is 11.8. The summed E-state index contributed by atoms with van der Waals surface area (Å²) in [4.78, 5) is 0. The number of benzene rings is 3. The van der Waals surface area contributed by atoms with Gasteiger partial charge in [0.05, 0.1) is 6.61 Å². The van der Waals surface area contributed by atoms with Crippen molar-refractivity contribution in [3.63, 3.8) is 0 Å². The maximum absolute atomic E-state index is 14.9. The molecule has 0 spiro atoms. The zero-order chi connectivity index (χ0) is 25.7. The molecule has 0 atom stereocenters. The van der Waals surface area contributed by atoms with Crippen molar-refractivity contribution in [2.75, 3.05) is 6.61 Å². The molecule has 1 aliphatic rings. The zero-order valence-electron chi connectivity index (χ0n) is 20.8. The Bertz CT molecular complexity index is 1210. The van der Waals surface area contributed by atoms with E-state index in [9.17, 15) is 17.6 Å². The van der Waals surface area contributed by atoms with Crippen LogP contribution < -0.4 is 4.74 Å². The van der Waals surface area contributed by atoms with Gasteiger partial charge in [-0.15, -0.1) is 0 Å². The van der Waals surface area contributed by atoms with Crippen LogP contribution in [0.25, 0.3) is 17.2 Å². The lowest BCUT2D eigenvalue weighted by Gasteiger charge is -2.27. The molecule has 0 unspecified atom stereocenters. The summed E-state index contributed by atoms with van der Waals surface area (Å²) in [7, 11) is 0. The maximum atomic E-state index is 14.9. The van der Waals surface area contributed by atoms with Crippen molar-refractivity contribution in [2.24, 2.45) is 5.92 Å². The van der Waals surface area contributed by atoms with Crippen LogP contribution in [-0.2, 0) is 6.42 Å². The van der Waals surface area contributed by atoms with Crippen molar-refractivity contribution in [3.05, 3.63) is 94.6 Å². The number of aryl methyl sites for hydroxylation is 1. The highest BCUT2D eigenvalue weighted by molar-refractivity contribution is 5.67. The van der Waals surface area contributed by atoms with Gasteiger partial charge >= 0.3 is 0 Å². The topological polar surface area (TPSA) is 9.23 Å². The largest absolute Gasteiger partial charge is 0.491 e. The Labute approximate surface area is 210 Å². The summed E-state index contributed by atoms with van der Waals surface area (Å²) in [6.45, 7) is 4.09. The average Bonchev–Trinajstić information content (AvgIpc) is 2.89. The van der Waals surface area contributed by atoms with E-state index in [0.29, 0.717) is 24.0 Å². The van der Waals surface area contributed by atoms with E-state index in [1.54, 1.807) is 31.2 Å². The van der Waals surface area contributed by atoms with Crippen LogP contribution >= 0.6 is 0 Å². The van der Waals surface area contributed by atoms with Crippen LogP contribution in [-0.4, -0.2) is 6.61 Å². The summed E-state index contributed by atoms with van der Waals surface area (Å²) in [5, 5.41) is 0. The molecule has 0 radical (unpaired) electrons. The molecule has 1 saturated carbocycles. The molecule has 4 rings (SSSR count). The van der Waals surface area contributed by atoms with Gasteiger partial charge in [0.2, 0.25) is 5.82 Å². The van der Waals surface area contributed by atoms with Gasteiger partial charge in [-0.05, 0) is 73.6 Å². The fourth-order valence-corrected chi connectivity index (χ4v) is 5.05. The molecule has 0 amide bonds. The van der Waals surface area contributed by atoms with Gasteiger partial charge in [0.15, 0.2) is 23.2 Å². The van der Waals surface area contributed by atoms with Crippen molar-refractivity contribution in [1.29, 1.82) is 0 Å². The van der Waals surface area contributed by atoms with Crippen LogP contribution in [0.5, 0.6) is 5.75 Å². The molecule has 0 bridgehead atoms. The van der Waals surface area contributed by atoms with E-state index in [2.05, 4.69) is 6.92 Å². The van der Waals surface area contributed by atoms with Gasteiger partial charge in [0.25, 0.3) is 0 Å². The summed E-state index contributed by atoms with van der Waals surface area (Å²) in [6, 6.07) is 13.9. The Kier molecular flexibility index (Phi) is 8.50. The number of allylic oxidation sites excluding steroid dienone is 1. The summed E-state index contributed by atoms with van der Waals surface area (Å²) in [5.74, 6) is -3.45. The Morgan fingerprint density at radius 2 is 1.50 bits per heavy atom. The third-order valence-corrected chi connectivity index (χ3v) is 7.05. The molecule has 1 fully saturated rings. The van der Waals surface area contributed by atoms with E-state index in [1.807, 2.05) is 30.3 Å². The first-order valence-electron chi connectivity index (χ1n) is 12.8. The van der Waals surface area contributed by atoms with Gasteiger partial charge in [0.1, 0.15) is 0 Å². The molecule has 0 saturated heterocycles. The summed E-state index contributed by atoms with van der Waals surface area (Å²) >= 11 is 0. The molecule has 3 aromatic rings. The highest BCUT2D eigenvalue weighted by Gasteiger charge is 2.26. The highest BCUT2D eigenvalue weighted by atomic mass is 19.2. The van der Waals surface area contributed by atoms with Crippen LogP contribution in [0.3, 0.4) is 0 Å². The van der Waals surface area contributed by atoms with Crippen LogP contribution in [0.2, 0.25) is 0 Å². The number of ether oxygens (including phenoxy) is 1. The lowest BCUT2D eigenvalue weighted by atomic mass is 9.78. The molecule has 1 aliphatic carbocycles. The van der Waals surface area contributed by atoms with Crippen molar-refractivity contribution in [3.8, 4) is 16.9 Å². The lowest BCUT2D eigenvalue weighted by Crippen LogP contribution is -2.14. The summed E-state index contributed by atoms with van der Waals surface area (Å²) < 4.78 is 63.7. The van der Waals surface area contributed by atoms with Gasteiger partial charge in [-0.25, -0.2) is 13.2 Å². The predicted molar refractivity (Wildman–Crippen MR) is 137 cm³/mol. The highest BCUT2D eigenvalue weighted by Crippen LogP contribution is 2.39. The Balaban J connectivity index is 1.41. The Morgan fingerprint density at radius 1 is 0.778 bits per heavy atom. The molecular weight excluding hydrogens is 464 g/mol. The normalized spacial score (nSPS) is 18.1. The van der Waals surface area contributed by atoms with E-state index in [0.717, 1.165) is 25.7 Å². The molecule has 36 heavy (non-hydrogen) atoms. The Hall–Kier alpha value is -3.08. The quantitative estimate of drug-likeness (QED) is 0.282. The first-order valence-corrected chi connectivity index (χ1v) is 12.8. The standard InChI is InChI=1S/C31H32F4O/c1-3-5-20-6-11-22(12-7-20)25-17-16-24(28(32)29(25)33)15-10-21-8-13-23(14-9-21)26-18-19-27(36-4-2)31(35)30(26)34/h6-7,10-12,15-19,21,23H,3-5,8-9,13-14H2,1-2H3. The van der Waals surface area contributed by atoms with Crippen molar-refractivity contribution >= 4 is 6.08 Å². The monoisotopic (exact) mass is 496 g/mol. The number of halogens is 4. The Morgan fingerprint density at radius 3 is 2.17 bits per heavy atom. The van der Waals surface area contributed by atoms with Gasteiger partial charge in [-0.3, -0.25) is 0 Å². The molecule has 0 heterocycles. The maximum Gasteiger partial charge on any atom is 0.200 e. The fourth-order valence-electron chi connectivity index (χ4n) is 5.05. The first-order chi connectivity index (χ1) is 17.4. The lowest BCUT2D eigenvalue weighted by molar-refractivity contribution is 0.310. The van der Waals surface area contributed by atoms with Gasteiger partial charge in [0, 0.05) is 11.1 Å². The smallest absolute Gasteiger partial charge is 0.200 e.